The number of halogens is 1. The van der Waals surface area contributed by atoms with E-state index >= 15 is 0 Å². The average molecular weight is 313 g/mol. The quantitative estimate of drug-likeness (QED) is 0.431. The molecule has 0 amide bonds. The Morgan fingerprint density at radius 1 is 1.09 bits per heavy atom. The van der Waals surface area contributed by atoms with Crippen molar-refractivity contribution in [3.05, 3.63) is 66.0 Å². The second-order valence-electron chi connectivity index (χ2n) is 5.73. The third kappa shape index (κ3) is 4.31. The molecule has 4 heteroatoms. The van der Waals surface area contributed by atoms with Crippen molar-refractivity contribution in [3.8, 4) is 5.75 Å². The molecule has 3 rings (SSSR count). The first-order chi connectivity index (χ1) is 11.2. The number of hydrogen-bond donors (Lipinski definition) is 0. The van der Waals surface area contributed by atoms with Crippen LogP contribution >= 0.6 is 0 Å². The van der Waals surface area contributed by atoms with Gasteiger partial charge >= 0.3 is 0 Å². The van der Waals surface area contributed by atoms with Gasteiger partial charge in [-0.2, -0.15) is 0 Å². The lowest BCUT2D eigenvalue weighted by molar-refractivity contribution is 0.106. The van der Waals surface area contributed by atoms with Crippen molar-refractivity contribution >= 4 is 5.71 Å². The number of ether oxygens (including phenoxy) is 1. The first kappa shape index (κ1) is 15.5. The fourth-order valence-corrected chi connectivity index (χ4v) is 2.66. The predicted octanol–water partition coefficient (Wildman–Crippen LogP) is 4.40. The molecule has 1 saturated carbocycles. The molecule has 1 fully saturated rings. The summed E-state index contributed by atoms with van der Waals surface area (Å²) in [6.07, 6.45) is 1.05. The van der Waals surface area contributed by atoms with Crippen LogP contribution in [0.4, 0.5) is 4.39 Å². The fourth-order valence-electron chi connectivity index (χ4n) is 2.66. The molecule has 0 aliphatic heterocycles. The molecule has 23 heavy (non-hydrogen) atoms. The first-order valence-electron chi connectivity index (χ1n) is 7.84. The van der Waals surface area contributed by atoms with Crippen LogP contribution in [0.15, 0.2) is 59.8 Å². The highest BCUT2D eigenvalue weighted by Crippen LogP contribution is 2.48. The highest BCUT2D eigenvalue weighted by atomic mass is 19.1. The summed E-state index contributed by atoms with van der Waals surface area (Å²) in [6.45, 7) is 2.86. The summed E-state index contributed by atoms with van der Waals surface area (Å²) in [5, 5.41) is 4.17. The van der Waals surface area contributed by atoms with E-state index in [2.05, 4.69) is 5.16 Å². The number of para-hydroxylation sites is 1. The maximum absolute atomic E-state index is 12.9. The van der Waals surface area contributed by atoms with Crippen molar-refractivity contribution in [1.82, 2.24) is 0 Å². The van der Waals surface area contributed by atoms with Gasteiger partial charge in [-0.15, -0.1) is 0 Å². The number of hydrogen-bond acceptors (Lipinski definition) is 3. The number of oxime groups is 1. The van der Waals surface area contributed by atoms with Gasteiger partial charge in [-0.1, -0.05) is 35.5 Å². The van der Waals surface area contributed by atoms with Crippen molar-refractivity contribution in [2.45, 2.75) is 19.3 Å². The summed E-state index contributed by atoms with van der Waals surface area (Å²) in [5.41, 5.74) is 2.15. The van der Waals surface area contributed by atoms with Crippen molar-refractivity contribution in [1.29, 1.82) is 0 Å². The summed E-state index contributed by atoms with van der Waals surface area (Å²) in [6, 6.07) is 16.3. The van der Waals surface area contributed by atoms with E-state index in [-0.39, 0.29) is 5.82 Å². The summed E-state index contributed by atoms with van der Waals surface area (Å²) < 4.78 is 18.5. The third-order valence-electron chi connectivity index (χ3n) is 4.02. The number of nitrogens with zero attached hydrogens (tertiary/aromatic N) is 1. The Labute approximate surface area is 135 Å². The van der Waals surface area contributed by atoms with Crippen LogP contribution in [0.5, 0.6) is 5.75 Å². The SMILES string of the molecule is C/C(=N/OCCOc1ccccc1)[C@H]1C[C@@H]1c1ccc(F)cc1. The molecule has 0 unspecified atom stereocenters. The van der Waals surface area contributed by atoms with Gasteiger partial charge in [0.05, 0.1) is 5.71 Å². The van der Waals surface area contributed by atoms with Crippen LogP contribution in [-0.4, -0.2) is 18.9 Å². The molecule has 0 heterocycles. The van der Waals surface area contributed by atoms with Crippen molar-refractivity contribution in [2.24, 2.45) is 11.1 Å². The lowest BCUT2D eigenvalue weighted by Gasteiger charge is -2.05. The van der Waals surface area contributed by atoms with Gasteiger partial charge in [-0.05, 0) is 49.1 Å². The minimum Gasteiger partial charge on any atom is -0.490 e. The van der Waals surface area contributed by atoms with Gasteiger partial charge in [0.1, 0.15) is 18.2 Å². The molecule has 120 valence electrons. The zero-order valence-corrected chi connectivity index (χ0v) is 13.1. The summed E-state index contributed by atoms with van der Waals surface area (Å²) >= 11 is 0. The molecule has 0 aromatic heterocycles. The van der Waals surface area contributed by atoms with E-state index in [0.29, 0.717) is 25.0 Å². The fraction of sp³-hybridized carbons (Fsp3) is 0.316. The third-order valence-corrected chi connectivity index (χ3v) is 4.02. The Balaban J connectivity index is 1.40. The largest absolute Gasteiger partial charge is 0.490 e. The Morgan fingerprint density at radius 2 is 1.83 bits per heavy atom. The van der Waals surface area contributed by atoms with Gasteiger partial charge in [0.25, 0.3) is 0 Å². The van der Waals surface area contributed by atoms with Gasteiger partial charge in [0.2, 0.25) is 0 Å². The lowest BCUT2D eigenvalue weighted by atomic mass is 10.1. The molecule has 2 aromatic carbocycles. The second kappa shape index (κ2) is 7.27. The Bertz CT molecular complexity index is 655. The molecule has 0 spiro atoms. The molecular weight excluding hydrogens is 293 g/mol. The molecule has 2 aromatic rings. The maximum atomic E-state index is 12.9. The van der Waals surface area contributed by atoms with Crippen LogP contribution in [0.25, 0.3) is 0 Å². The second-order valence-corrected chi connectivity index (χ2v) is 5.73. The van der Waals surface area contributed by atoms with E-state index < -0.39 is 0 Å². The van der Waals surface area contributed by atoms with Crippen LogP contribution in [0, 0.1) is 11.7 Å². The monoisotopic (exact) mass is 313 g/mol. The Kier molecular flexibility index (Phi) is 4.91. The van der Waals surface area contributed by atoms with Crippen molar-refractivity contribution in [3.63, 3.8) is 0 Å². The summed E-state index contributed by atoms with van der Waals surface area (Å²) in [4.78, 5) is 5.32. The van der Waals surface area contributed by atoms with E-state index in [1.54, 1.807) is 0 Å². The topological polar surface area (TPSA) is 30.8 Å². The van der Waals surface area contributed by atoms with Crippen LogP contribution in [0.2, 0.25) is 0 Å². The van der Waals surface area contributed by atoms with Crippen LogP contribution in [0.3, 0.4) is 0 Å². The standard InChI is InChI=1S/C19H20FNO2/c1-14(18-13-19(18)15-7-9-16(20)10-8-15)21-23-12-11-22-17-5-3-2-4-6-17/h2-10,18-19H,11-13H2,1H3/b21-14-/t18-,19-/m1/s1. The van der Waals surface area contributed by atoms with E-state index in [1.165, 1.54) is 17.7 Å². The zero-order valence-electron chi connectivity index (χ0n) is 13.1. The van der Waals surface area contributed by atoms with Crippen LogP contribution in [-0.2, 0) is 4.84 Å². The first-order valence-corrected chi connectivity index (χ1v) is 7.84. The molecule has 0 saturated heterocycles. The highest BCUT2D eigenvalue weighted by molar-refractivity contribution is 5.87. The van der Waals surface area contributed by atoms with Gasteiger partial charge in [0, 0.05) is 5.92 Å². The highest BCUT2D eigenvalue weighted by Gasteiger charge is 2.40. The minimum absolute atomic E-state index is 0.196. The molecule has 0 bridgehead atoms. The molecule has 1 aliphatic carbocycles. The normalized spacial score (nSPS) is 20.2. The number of rotatable bonds is 7. The van der Waals surface area contributed by atoms with Crippen molar-refractivity contribution < 1.29 is 14.0 Å². The molecule has 1 aliphatic rings. The maximum Gasteiger partial charge on any atom is 0.151 e. The van der Waals surface area contributed by atoms with Gasteiger partial charge in [0.15, 0.2) is 6.61 Å². The summed E-state index contributed by atoms with van der Waals surface area (Å²) in [7, 11) is 0. The molecule has 0 radical (unpaired) electrons. The van der Waals surface area contributed by atoms with Crippen molar-refractivity contribution in [2.75, 3.05) is 13.2 Å². The minimum atomic E-state index is -0.196. The molecule has 0 N–H and O–H groups in total. The lowest BCUT2D eigenvalue weighted by Crippen LogP contribution is -2.06. The van der Waals surface area contributed by atoms with Gasteiger partial charge in [-0.25, -0.2) is 4.39 Å². The zero-order chi connectivity index (χ0) is 16.1. The Morgan fingerprint density at radius 3 is 2.57 bits per heavy atom. The summed E-state index contributed by atoms with van der Waals surface area (Å²) in [5.74, 6) is 1.47. The smallest absolute Gasteiger partial charge is 0.151 e. The average Bonchev–Trinajstić information content (AvgIpc) is 3.37. The molecule has 2 atom stereocenters. The van der Waals surface area contributed by atoms with Gasteiger partial charge < -0.3 is 9.57 Å². The van der Waals surface area contributed by atoms with E-state index in [0.717, 1.165) is 17.9 Å². The van der Waals surface area contributed by atoms with E-state index in [4.69, 9.17) is 9.57 Å². The predicted molar refractivity (Wildman–Crippen MR) is 88.2 cm³/mol. The molecular formula is C19H20FNO2. The van der Waals surface area contributed by atoms with E-state index in [1.807, 2.05) is 49.4 Å². The van der Waals surface area contributed by atoms with E-state index in [9.17, 15) is 4.39 Å². The number of benzene rings is 2. The van der Waals surface area contributed by atoms with Gasteiger partial charge in [-0.3, -0.25) is 0 Å². The Hall–Kier alpha value is -2.36. The molecule has 3 nitrogen and oxygen atoms in total. The van der Waals surface area contributed by atoms with Crippen LogP contribution in [0.1, 0.15) is 24.8 Å². The van der Waals surface area contributed by atoms with Crippen LogP contribution < -0.4 is 4.74 Å².